The number of hydrogen-bond donors (Lipinski definition) is 3. The van der Waals surface area contributed by atoms with Crippen molar-refractivity contribution in [2.45, 2.75) is 6.92 Å². The molecule has 0 aliphatic carbocycles. The highest BCUT2D eigenvalue weighted by Crippen LogP contribution is 2.27. The number of hydrogen-bond acceptors (Lipinski definition) is 7. The van der Waals surface area contributed by atoms with E-state index in [0.717, 1.165) is 11.3 Å². The normalized spacial score (nSPS) is 10.8. The Kier molecular flexibility index (Phi) is 5.86. The maximum Gasteiger partial charge on any atom is 0.291 e. The van der Waals surface area contributed by atoms with Crippen molar-refractivity contribution >= 4 is 45.0 Å². The number of hydrazine groups is 1. The fraction of sp³-hybridized carbons (Fsp3) is 0.0400. The monoisotopic (exact) mass is 486 g/mol. The number of benzene rings is 1. The molecule has 3 amide bonds. The second-order valence-corrected chi connectivity index (χ2v) is 8.56. The molecular formula is C25H18N4O5S. The minimum Gasteiger partial charge on any atom is -0.463 e. The third-order valence-corrected chi connectivity index (χ3v) is 6.28. The zero-order valence-electron chi connectivity index (χ0n) is 18.3. The fourth-order valence-electron chi connectivity index (χ4n) is 3.50. The molecule has 5 rings (SSSR count). The molecule has 0 saturated carbocycles. The maximum atomic E-state index is 13.0. The third-order valence-electron chi connectivity index (χ3n) is 5.13. The zero-order valence-corrected chi connectivity index (χ0v) is 19.1. The van der Waals surface area contributed by atoms with Gasteiger partial charge in [0.15, 0.2) is 11.5 Å². The summed E-state index contributed by atoms with van der Waals surface area (Å²) in [5.74, 6) is -0.761. The topological polar surface area (TPSA) is 126 Å². The van der Waals surface area contributed by atoms with Crippen LogP contribution in [0.4, 0.5) is 5.00 Å². The molecule has 5 aromatic rings. The van der Waals surface area contributed by atoms with Crippen molar-refractivity contribution in [2.24, 2.45) is 0 Å². The standard InChI is InChI=1S/C25H18N4O5S/c1-14-12-21(27-24(31)20-9-5-11-34-20)35-22(14)25(32)29-28-23(30)16-13-18(19-8-4-10-33-19)26-17-7-3-2-6-15(16)17/h2-13H,1H3,(H,27,31)(H,28,30)(H,29,32). The largest absolute Gasteiger partial charge is 0.463 e. The molecule has 10 heteroatoms. The van der Waals surface area contributed by atoms with E-state index in [1.165, 1.54) is 12.5 Å². The van der Waals surface area contributed by atoms with E-state index in [-0.39, 0.29) is 5.76 Å². The summed E-state index contributed by atoms with van der Waals surface area (Å²) in [7, 11) is 0. The van der Waals surface area contributed by atoms with Gasteiger partial charge in [-0.15, -0.1) is 11.3 Å². The van der Waals surface area contributed by atoms with Crippen LogP contribution in [-0.2, 0) is 0 Å². The first-order valence-electron chi connectivity index (χ1n) is 10.5. The molecule has 0 atom stereocenters. The highest BCUT2D eigenvalue weighted by molar-refractivity contribution is 7.18. The van der Waals surface area contributed by atoms with Gasteiger partial charge in [0.1, 0.15) is 5.69 Å². The van der Waals surface area contributed by atoms with Crippen LogP contribution in [0.2, 0.25) is 0 Å². The fourth-order valence-corrected chi connectivity index (χ4v) is 4.46. The van der Waals surface area contributed by atoms with Gasteiger partial charge in [0.05, 0.1) is 33.5 Å². The predicted octanol–water partition coefficient (Wildman–Crippen LogP) is 4.78. The van der Waals surface area contributed by atoms with E-state index in [1.807, 2.05) is 6.07 Å². The number of para-hydroxylation sites is 1. The number of nitrogens with zero attached hydrogens (tertiary/aromatic N) is 1. The van der Waals surface area contributed by atoms with Crippen LogP contribution in [0.5, 0.6) is 0 Å². The van der Waals surface area contributed by atoms with Crippen molar-refractivity contribution in [1.29, 1.82) is 0 Å². The van der Waals surface area contributed by atoms with Gasteiger partial charge < -0.3 is 14.2 Å². The lowest BCUT2D eigenvalue weighted by atomic mass is 10.1. The van der Waals surface area contributed by atoms with E-state index in [1.54, 1.807) is 61.5 Å². The zero-order chi connectivity index (χ0) is 24.4. The van der Waals surface area contributed by atoms with Gasteiger partial charge in [-0.05, 0) is 55.0 Å². The van der Waals surface area contributed by atoms with E-state index >= 15 is 0 Å². The average Bonchev–Trinajstić information content (AvgIpc) is 3.64. The van der Waals surface area contributed by atoms with Crippen molar-refractivity contribution in [3.05, 3.63) is 95.0 Å². The second kappa shape index (κ2) is 9.27. The molecule has 4 heterocycles. The van der Waals surface area contributed by atoms with E-state index in [9.17, 15) is 14.4 Å². The summed E-state index contributed by atoms with van der Waals surface area (Å²) in [6, 6.07) is 17.1. The SMILES string of the molecule is Cc1cc(NC(=O)c2ccco2)sc1C(=O)NNC(=O)c1cc(-c2ccco2)nc2ccccc12. The molecule has 0 radical (unpaired) electrons. The van der Waals surface area contributed by atoms with Gasteiger partial charge in [0, 0.05) is 5.39 Å². The summed E-state index contributed by atoms with van der Waals surface area (Å²) in [5.41, 5.74) is 7.00. The van der Waals surface area contributed by atoms with Crippen LogP contribution in [0.15, 0.2) is 82.0 Å². The molecule has 9 nitrogen and oxygen atoms in total. The number of carbonyl (C=O) groups is 3. The molecule has 3 N–H and O–H groups in total. The van der Waals surface area contributed by atoms with Gasteiger partial charge in [0.2, 0.25) is 0 Å². The highest BCUT2D eigenvalue weighted by atomic mass is 32.1. The highest BCUT2D eigenvalue weighted by Gasteiger charge is 2.19. The van der Waals surface area contributed by atoms with E-state index < -0.39 is 17.7 Å². The Bertz CT molecular complexity index is 1540. The molecular weight excluding hydrogens is 468 g/mol. The van der Waals surface area contributed by atoms with Gasteiger partial charge in [-0.3, -0.25) is 25.2 Å². The Labute approximate surface area is 202 Å². The van der Waals surface area contributed by atoms with Crippen LogP contribution in [0.3, 0.4) is 0 Å². The van der Waals surface area contributed by atoms with Crippen molar-refractivity contribution in [1.82, 2.24) is 15.8 Å². The van der Waals surface area contributed by atoms with E-state index in [0.29, 0.717) is 43.4 Å². The number of nitrogens with one attached hydrogen (secondary N) is 3. The summed E-state index contributed by atoms with van der Waals surface area (Å²) in [5, 5.41) is 3.80. The average molecular weight is 487 g/mol. The molecule has 4 aromatic heterocycles. The number of furan rings is 2. The molecule has 0 aliphatic heterocycles. The van der Waals surface area contributed by atoms with Crippen molar-refractivity contribution < 1.29 is 23.2 Å². The summed E-state index contributed by atoms with van der Waals surface area (Å²) in [6.45, 7) is 1.74. The molecule has 0 unspecified atom stereocenters. The van der Waals surface area contributed by atoms with E-state index in [2.05, 4.69) is 21.2 Å². The first-order valence-corrected chi connectivity index (χ1v) is 11.3. The smallest absolute Gasteiger partial charge is 0.291 e. The molecule has 35 heavy (non-hydrogen) atoms. The van der Waals surface area contributed by atoms with Gasteiger partial charge in [-0.1, -0.05) is 18.2 Å². The Balaban J connectivity index is 1.32. The Morgan fingerprint density at radius 1 is 0.857 bits per heavy atom. The van der Waals surface area contributed by atoms with Crippen molar-refractivity contribution in [3.8, 4) is 11.5 Å². The summed E-state index contributed by atoms with van der Waals surface area (Å²) < 4.78 is 10.5. The van der Waals surface area contributed by atoms with Crippen LogP contribution < -0.4 is 16.2 Å². The van der Waals surface area contributed by atoms with Gasteiger partial charge >= 0.3 is 0 Å². The van der Waals surface area contributed by atoms with Crippen LogP contribution >= 0.6 is 11.3 Å². The molecule has 174 valence electrons. The Morgan fingerprint density at radius 2 is 1.63 bits per heavy atom. The molecule has 1 aromatic carbocycles. The quantitative estimate of drug-likeness (QED) is 0.307. The minimum absolute atomic E-state index is 0.160. The summed E-state index contributed by atoms with van der Waals surface area (Å²) >= 11 is 1.08. The Morgan fingerprint density at radius 3 is 2.40 bits per heavy atom. The molecule has 0 saturated heterocycles. The second-order valence-electron chi connectivity index (χ2n) is 7.51. The van der Waals surface area contributed by atoms with Crippen molar-refractivity contribution in [3.63, 3.8) is 0 Å². The molecule has 0 bridgehead atoms. The number of anilines is 1. The Hall–Kier alpha value is -4.70. The van der Waals surface area contributed by atoms with Gasteiger partial charge in [-0.2, -0.15) is 0 Å². The lowest BCUT2D eigenvalue weighted by Gasteiger charge is -2.10. The van der Waals surface area contributed by atoms with E-state index in [4.69, 9.17) is 8.83 Å². The lowest BCUT2D eigenvalue weighted by molar-refractivity contribution is 0.0849. The maximum absolute atomic E-state index is 13.0. The predicted molar refractivity (Wildman–Crippen MR) is 130 cm³/mol. The lowest BCUT2D eigenvalue weighted by Crippen LogP contribution is -2.41. The number of pyridine rings is 1. The van der Waals surface area contributed by atoms with Crippen LogP contribution in [0.25, 0.3) is 22.4 Å². The first kappa shape index (κ1) is 22.1. The molecule has 0 spiro atoms. The van der Waals surface area contributed by atoms with Crippen molar-refractivity contribution in [2.75, 3.05) is 5.32 Å². The number of fused-ring (bicyclic) bond motifs is 1. The number of amides is 3. The summed E-state index contributed by atoms with van der Waals surface area (Å²) in [4.78, 5) is 42.9. The molecule has 0 fully saturated rings. The number of rotatable bonds is 5. The number of aromatic nitrogens is 1. The van der Waals surface area contributed by atoms with Crippen LogP contribution in [0.1, 0.15) is 36.1 Å². The van der Waals surface area contributed by atoms with Gasteiger partial charge in [-0.25, -0.2) is 4.98 Å². The number of carbonyl (C=O) groups excluding carboxylic acids is 3. The molecule has 0 aliphatic rings. The summed E-state index contributed by atoms with van der Waals surface area (Å²) in [6.07, 6.45) is 2.93. The third kappa shape index (κ3) is 4.55. The minimum atomic E-state index is -0.510. The number of aryl methyl sites for hydroxylation is 1. The van der Waals surface area contributed by atoms with Crippen LogP contribution in [-0.4, -0.2) is 22.7 Å². The van der Waals surface area contributed by atoms with Crippen LogP contribution in [0, 0.1) is 6.92 Å². The van der Waals surface area contributed by atoms with Gasteiger partial charge in [0.25, 0.3) is 17.7 Å². The first-order chi connectivity index (χ1) is 17.0. The number of thiophene rings is 1.